The quantitative estimate of drug-likeness (QED) is 0.321. The lowest BCUT2D eigenvalue weighted by molar-refractivity contribution is -0.390. The molecule has 0 unspecified atom stereocenters. The van der Waals surface area contributed by atoms with Gasteiger partial charge in [-0.25, -0.2) is 4.98 Å². The van der Waals surface area contributed by atoms with E-state index in [-0.39, 0.29) is 8.90 Å². The summed E-state index contributed by atoms with van der Waals surface area (Å²) in [4.78, 5) is 13.0. The average molecular weight is 427 g/mol. The van der Waals surface area contributed by atoms with Gasteiger partial charge in [0.15, 0.2) is 0 Å². The lowest BCUT2D eigenvalue weighted by atomic mass is 10.3. The minimum absolute atomic E-state index is 0.0544. The fourth-order valence-electron chi connectivity index (χ4n) is 0.936. The van der Waals surface area contributed by atoms with Crippen LogP contribution >= 0.6 is 38.5 Å². The number of alkyl halides is 4. The van der Waals surface area contributed by atoms with Crippen molar-refractivity contribution in [3.63, 3.8) is 0 Å². The molecule has 1 aromatic heterocycles. The molecule has 0 atom stereocenters. The smallest absolute Gasteiger partial charge is 0.381 e. The number of hydrogen-bond donors (Lipinski definition) is 0. The fraction of sp³-hybridized carbons (Fsp3) is 0.286. The number of hydrogen-bond acceptors (Lipinski definition) is 4. The van der Waals surface area contributed by atoms with Crippen molar-refractivity contribution in [3.8, 4) is 5.88 Å². The molecule has 0 aromatic carbocycles. The van der Waals surface area contributed by atoms with Crippen LogP contribution in [0.5, 0.6) is 5.88 Å². The summed E-state index contributed by atoms with van der Waals surface area (Å²) in [6.45, 7) is 0. The molecule has 0 bridgehead atoms. The van der Waals surface area contributed by atoms with Crippen molar-refractivity contribution in [3.05, 3.63) is 25.4 Å². The van der Waals surface area contributed by atoms with Gasteiger partial charge >= 0.3 is 17.9 Å². The topological polar surface area (TPSA) is 65.3 Å². The first-order valence-electron chi connectivity index (χ1n) is 3.89. The summed E-state index contributed by atoms with van der Waals surface area (Å²) < 4.78 is 39.6. The third-order valence-electron chi connectivity index (χ3n) is 1.57. The first-order valence-corrected chi connectivity index (χ1v) is 6.09. The van der Waals surface area contributed by atoms with Gasteiger partial charge in [0, 0.05) is 17.1 Å². The summed E-state index contributed by atoms with van der Waals surface area (Å²) in [6.07, 6.45) is -3.93. The van der Waals surface area contributed by atoms with Crippen molar-refractivity contribution in [1.29, 1.82) is 0 Å². The van der Waals surface area contributed by atoms with Gasteiger partial charge in [-0.1, -0.05) is 15.9 Å². The monoisotopic (exact) mass is 426 g/mol. The molecule has 1 heterocycles. The molecular formula is C7H3BrF3IN2O3. The molecule has 1 rings (SSSR count). The molecule has 0 N–H and O–H groups in total. The number of pyridine rings is 1. The average Bonchev–Trinajstić information content (AvgIpc) is 2.14. The Morgan fingerprint density at radius 3 is 2.59 bits per heavy atom. The first kappa shape index (κ1) is 14.4. The zero-order valence-electron chi connectivity index (χ0n) is 7.79. The van der Waals surface area contributed by atoms with Gasteiger partial charge in [-0.3, -0.25) is 10.1 Å². The molecule has 17 heavy (non-hydrogen) atoms. The lowest BCUT2D eigenvalue weighted by Gasteiger charge is -2.09. The van der Waals surface area contributed by atoms with Crippen LogP contribution in [0.25, 0.3) is 0 Å². The van der Waals surface area contributed by atoms with Crippen LogP contribution in [0.1, 0.15) is 5.56 Å². The van der Waals surface area contributed by atoms with Crippen molar-refractivity contribution in [2.75, 3.05) is 0 Å². The van der Waals surface area contributed by atoms with Gasteiger partial charge < -0.3 is 4.74 Å². The first-order chi connectivity index (χ1) is 7.76. The van der Waals surface area contributed by atoms with Crippen LogP contribution in [0, 0.1) is 13.7 Å². The molecule has 0 aliphatic rings. The maximum atomic E-state index is 12.0. The molecule has 0 aliphatic carbocycles. The molecule has 10 heteroatoms. The predicted molar refractivity (Wildman–Crippen MR) is 62.9 cm³/mol. The highest BCUT2D eigenvalue weighted by atomic mass is 127. The van der Waals surface area contributed by atoms with E-state index in [0.29, 0.717) is 5.56 Å². The van der Waals surface area contributed by atoms with E-state index < -0.39 is 22.9 Å². The van der Waals surface area contributed by atoms with E-state index >= 15 is 0 Å². The Bertz CT molecular complexity index is 455. The fourth-order valence-corrected chi connectivity index (χ4v) is 2.64. The summed E-state index contributed by atoms with van der Waals surface area (Å²) in [5.74, 6) is -1.06. The maximum absolute atomic E-state index is 12.0. The van der Waals surface area contributed by atoms with Crippen LogP contribution in [-0.4, -0.2) is 16.3 Å². The normalized spacial score (nSPS) is 11.4. The second-order valence-electron chi connectivity index (χ2n) is 2.69. The minimum atomic E-state index is -5.02. The van der Waals surface area contributed by atoms with Gasteiger partial charge in [0.05, 0.1) is 4.92 Å². The number of nitrogens with zero attached hydrogens (tertiary/aromatic N) is 2. The third-order valence-corrected chi connectivity index (χ3v) is 3.38. The second-order valence-corrected chi connectivity index (χ2v) is 4.33. The van der Waals surface area contributed by atoms with Crippen molar-refractivity contribution in [1.82, 2.24) is 4.98 Å². The Morgan fingerprint density at radius 2 is 2.18 bits per heavy atom. The standard InChI is InChI=1S/C7H3BrF3IN2O3/c8-1-3-2-13-6(17-7(9,10)11)5(4(3)12)14(15)16/h2H,1H2. The Kier molecular flexibility index (Phi) is 4.52. The second kappa shape index (κ2) is 5.33. The molecule has 0 amide bonds. The van der Waals surface area contributed by atoms with Crippen LogP contribution in [0.2, 0.25) is 0 Å². The Morgan fingerprint density at radius 1 is 1.59 bits per heavy atom. The van der Waals surface area contributed by atoms with Gasteiger partial charge in [-0.2, -0.15) is 0 Å². The number of halogens is 5. The van der Waals surface area contributed by atoms with Crippen molar-refractivity contribution in [2.24, 2.45) is 0 Å². The third kappa shape index (κ3) is 3.66. The molecule has 0 saturated heterocycles. The number of ether oxygens (including phenoxy) is 1. The molecule has 5 nitrogen and oxygen atoms in total. The van der Waals surface area contributed by atoms with Crippen LogP contribution in [-0.2, 0) is 5.33 Å². The molecule has 0 spiro atoms. The molecule has 0 aliphatic heterocycles. The number of aromatic nitrogens is 1. The van der Waals surface area contributed by atoms with E-state index in [1.165, 1.54) is 0 Å². The van der Waals surface area contributed by atoms with Crippen LogP contribution in [0.4, 0.5) is 18.9 Å². The van der Waals surface area contributed by atoms with Crippen LogP contribution < -0.4 is 4.74 Å². The molecular weight excluding hydrogens is 424 g/mol. The van der Waals surface area contributed by atoms with Crippen LogP contribution in [0.3, 0.4) is 0 Å². The Hall–Kier alpha value is -0.650. The lowest BCUT2D eigenvalue weighted by Crippen LogP contribution is -2.19. The van der Waals surface area contributed by atoms with E-state index in [1.807, 2.05) is 0 Å². The highest BCUT2D eigenvalue weighted by Gasteiger charge is 2.36. The minimum Gasteiger partial charge on any atom is -0.381 e. The van der Waals surface area contributed by atoms with E-state index in [4.69, 9.17) is 0 Å². The predicted octanol–water partition coefficient (Wildman–Crippen LogP) is 3.39. The van der Waals surface area contributed by atoms with E-state index in [1.54, 1.807) is 22.6 Å². The number of rotatable bonds is 3. The largest absolute Gasteiger partial charge is 0.574 e. The number of nitro groups is 1. The molecule has 0 saturated carbocycles. The zero-order chi connectivity index (χ0) is 13.2. The van der Waals surface area contributed by atoms with E-state index in [0.717, 1.165) is 6.20 Å². The summed E-state index contributed by atoms with van der Waals surface area (Å²) in [5.41, 5.74) is -0.383. The maximum Gasteiger partial charge on any atom is 0.574 e. The van der Waals surface area contributed by atoms with Gasteiger partial charge in [0.2, 0.25) is 0 Å². The molecule has 1 aromatic rings. The Labute approximate surface area is 115 Å². The molecule has 0 fully saturated rings. The van der Waals surface area contributed by atoms with Gasteiger partial charge in [-0.15, -0.1) is 13.2 Å². The Balaban J connectivity index is 3.32. The van der Waals surface area contributed by atoms with Crippen molar-refractivity contribution < 1.29 is 22.8 Å². The highest BCUT2D eigenvalue weighted by molar-refractivity contribution is 14.1. The van der Waals surface area contributed by atoms with Crippen molar-refractivity contribution in [2.45, 2.75) is 11.7 Å². The highest BCUT2D eigenvalue weighted by Crippen LogP contribution is 2.35. The van der Waals surface area contributed by atoms with Crippen molar-refractivity contribution >= 4 is 44.2 Å². The van der Waals surface area contributed by atoms with E-state index in [2.05, 4.69) is 25.7 Å². The summed E-state index contributed by atoms with van der Waals surface area (Å²) >= 11 is 4.62. The summed E-state index contributed by atoms with van der Waals surface area (Å²) in [7, 11) is 0. The van der Waals surface area contributed by atoms with Crippen LogP contribution in [0.15, 0.2) is 6.20 Å². The molecule has 0 radical (unpaired) electrons. The SMILES string of the molecule is O=[N+]([O-])c1c(OC(F)(F)F)ncc(CBr)c1I. The van der Waals surface area contributed by atoms with E-state index in [9.17, 15) is 23.3 Å². The summed E-state index contributed by atoms with van der Waals surface area (Å²) in [5, 5.41) is 10.9. The van der Waals surface area contributed by atoms with Gasteiger partial charge in [0.1, 0.15) is 3.57 Å². The van der Waals surface area contributed by atoms with Gasteiger partial charge in [-0.05, 0) is 22.6 Å². The molecule has 94 valence electrons. The summed E-state index contributed by atoms with van der Waals surface area (Å²) in [6, 6.07) is 0. The zero-order valence-corrected chi connectivity index (χ0v) is 11.5. The van der Waals surface area contributed by atoms with Gasteiger partial charge in [0.25, 0.3) is 0 Å².